The third-order valence-electron chi connectivity index (χ3n) is 2.25. The smallest absolute Gasteiger partial charge is 0.0765 e. The van der Waals surface area contributed by atoms with Crippen molar-refractivity contribution >= 4 is 0 Å². The number of hydrogen-bond acceptors (Lipinski definition) is 3. The van der Waals surface area contributed by atoms with Crippen molar-refractivity contribution in [2.24, 2.45) is 5.92 Å². The summed E-state index contributed by atoms with van der Waals surface area (Å²) in [7, 11) is 1.66. The molecule has 0 saturated heterocycles. The van der Waals surface area contributed by atoms with Crippen LogP contribution in [0.2, 0.25) is 0 Å². The number of ether oxygens (including phenoxy) is 1. The van der Waals surface area contributed by atoms with Gasteiger partial charge in [-0.2, -0.15) is 0 Å². The third kappa shape index (κ3) is 8.48. The fraction of sp³-hybridized carbons (Fsp3) is 1.00. The lowest BCUT2D eigenvalue weighted by atomic mass is 10.0. The lowest BCUT2D eigenvalue weighted by molar-refractivity contribution is 0.0249. The molecule has 86 valence electrons. The molecule has 0 amide bonds. The van der Waals surface area contributed by atoms with Crippen LogP contribution in [0.3, 0.4) is 0 Å². The molecule has 1 unspecified atom stereocenters. The lowest BCUT2D eigenvalue weighted by Crippen LogP contribution is -2.39. The maximum atomic E-state index is 9.87. The minimum Gasteiger partial charge on any atom is -0.389 e. The molecular weight excluding hydrogens is 178 g/mol. The van der Waals surface area contributed by atoms with Gasteiger partial charge in [-0.25, -0.2) is 0 Å². The van der Waals surface area contributed by atoms with Crippen molar-refractivity contribution < 1.29 is 9.84 Å². The Labute approximate surface area is 87.8 Å². The first-order chi connectivity index (χ1) is 6.48. The molecule has 2 N–H and O–H groups in total. The van der Waals surface area contributed by atoms with E-state index >= 15 is 0 Å². The Morgan fingerprint density at radius 3 is 2.57 bits per heavy atom. The molecule has 14 heavy (non-hydrogen) atoms. The zero-order valence-corrected chi connectivity index (χ0v) is 9.97. The summed E-state index contributed by atoms with van der Waals surface area (Å²) in [5.74, 6) is 0.714. The summed E-state index contributed by atoms with van der Waals surface area (Å²) in [6.45, 7) is 8.46. The quantitative estimate of drug-likeness (QED) is 0.586. The average Bonchev–Trinajstić information content (AvgIpc) is 2.09. The molecule has 3 nitrogen and oxygen atoms in total. The normalized spacial score (nSPS) is 15.9. The van der Waals surface area contributed by atoms with Crippen LogP contribution in [0.1, 0.15) is 33.6 Å². The van der Waals surface area contributed by atoms with Crippen molar-refractivity contribution in [1.29, 1.82) is 0 Å². The van der Waals surface area contributed by atoms with Gasteiger partial charge < -0.3 is 15.2 Å². The predicted octanol–water partition coefficient (Wildman–Crippen LogP) is 1.41. The molecular formula is C11H25NO2. The van der Waals surface area contributed by atoms with Crippen LogP contribution in [0.15, 0.2) is 0 Å². The molecule has 0 bridgehead atoms. The Balaban J connectivity index is 3.44. The van der Waals surface area contributed by atoms with Gasteiger partial charge in [0.2, 0.25) is 0 Å². The summed E-state index contributed by atoms with van der Waals surface area (Å²) in [6.07, 6.45) is 1.83. The minimum absolute atomic E-state index is 0.610. The minimum atomic E-state index is -0.646. The Hall–Kier alpha value is -0.120. The van der Waals surface area contributed by atoms with Crippen LogP contribution in [0.25, 0.3) is 0 Å². The highest BCUT2D eigenvalue weighted by atomic mass is 16.5. The third-order valence-corrected chi connectivity index (χ3v) is 2.25. The van der Waals surface area contributed by atoms with Gasteiger partial charge in [0.15, 0.2) is 0 Å². The van der Waals surface area contributed by atoms with Crippen LogP contribution in [-0.4, -0.2) is 37.5 Å². The molecule has 0 aliphatic heterocycles. The highest BCUT2D eigenvalue weighted by Gasteiger charge is 2.18. The van der Waals surface area contributed by atoms with E-state index in [1.54, 1.807) is 7.11 Å². The van der Waals surface area contributed by atoms with Crippen molar-refractivity contribution in [3.63, 3.8) is 0 Å². The highest BCUT2D eigenvalue weighted by Crippen LogP contribution is 2.07. The molecule has 0 aromatic heterocycles. The van der Waals surface area contributed by atoms with Crippen LogP contribution in [-0.2, 0) is 4.74 Å². The van der Waals surface area contributed by atoms with Gasteiger partial charge in [-0.15, -0.1) is 0 Å². The summed E-state index contributed by atoms with van der Waals surface area (Å²) >= 11 is 0. The monoisotopic (exact) mass is 203 g/mol. The van der Waals surface area contributed by atoms with E-state index in [-0.39, 0.29) is 0 Å². The molecule has 0 saturated carbocycles. The van der Waals surface area contributed by atoms with E-state index < -0.39 is 5.60 Å². The van der Waals surface area contributed by atoms with Gasteiger partial charge in [0, 0.05) is 26.7 Å². The fourth-order valence-corrected chi connectivity index (χ4v) is 1.16. The number of rotatable bonds is 8. The Kier molecular flexibility index (Phi) is 7.15. The predicted molar refractivity (Wildman–Crippen MR) is 59.4 cm³/mol. The topological polar surface area (TPSA) is 41.5 Å². The highest BCUT2D eigenvalue weighted by molar-refractivity contribution is 4.75. The second-order valence-corrected chi connectivity index (χ2v) is 4.60. The molecule has 0 spiro atoms. The van der Waals surface area contributed by atoms with E-state index in [4.69, 9.17) is 4.74 Å². The molecule has 3 heteroatoms. The van der Waals surface area contributed by atoms with Gasteiger partial charge in [0.25, 0.3) is 0 Å². The first kappa shape index (κ1) is 13.9. The van der Waals surface area contributed by atoms with Crippen LogP contribution < -0.4 is 5.32 Å². The van der Waals surface area contributed by atoms with Crippen molar-refractivity contribution in [3.8, 4) is 0 Å². The van der Waals surface area contributed by atoms with Gasteiger partial charge >= 0.3 is 0 Å². The molecule has 0 aliphatic rings. The second kappa shape index (κ2) is 7.21. The standard InChI is InChI=1S/C11H25NO2/c1-10(2)5-7-12-9-11(3,13)6-8-14-4/h10,12-13H,5-9H2,1-4H3. The van der Waals surface area contributed by atoms with E-state index in [1.807, 2.05) is 6.92 Å². The average molecular weight is 203 g/mol. The van der Waals surface area contributed by atoms with Crippen molar-refractivity contribution in [1.82, 2.24) is 5.32 Å². The zero-order valence-electron chi connectivity index (χ0n) is 9.97. The van der Waals surface area contributed by atoms with E-state index in [0.717, 1.165) is 13.0 Å². The van der Waals surface area contributed by atoms with Crippen molar-refractivity contribution in [3.05, 3.63) is 0 Å². The number of hydrogen-bond donors (Lipinski definition) is 2. The number of methoxy groups -OCH3 is 1. The van der Waals surface area contributed by atoms with Gasteiger partial charge in [0.05, 0.1) is 5.60 Å². The maximum absolute atomic E-state index is 9.87. The van der Waals surface area contributed by atoms with Crippen molar-refractivity contribution in [2.75, 3.05) is 26.8 Å². The molecule has 0 radical (unpaired) electrons. The van der Waals surface area contributed by atoms with Crippen LogP contribution in [0.5, 0.6) is 0 Å². The van der Waals surface area contributed by atoms with Gasteiger partial charge in [0.1, 0.15) is 0 Å². The SMILES string of the molecule is COCCC(C)(O)CNCCC(C)C. The van der Waals surface area contributed by atoms with Crippen LogP contribution in [0, 0.1) is 5.92 Å². The molecule has 0 rings (SSSR count). The van der Waals surface area contributed by atoms with E-state index in [2.05, 4.69) is 19.2 Å². The Bertz CT molecular complexity index is 135. The Morgan fingerprint density at radius 2 is 2.07 bits per heavy atom. The van der Waals surface area contributed by atoms with Gasteiger partial charge in [-0.1, -0.05) is 13.8 Å². The molecule has 0 fully saturated rings. The second-order valence-electron chi connectivity index (χ2n) is 4.60. The summed E-state index contributed by atoms with van der Waals surface area (Å²) in [6, 6.07) is 0. The first-order valence-electron chi connectivity index (χ1n) is 5.40. The largest absolute Gasteiger partial charge is 0.389 e. The molecule has 0 aliphatic carbocycles. The zero-order chi connectivity index (χ0) is 11.0. The van der Waals surface area contributed by atoms with Crippen LogP contribution in [0.4, 0.5) is 0 Å². The van der Waals surface area contributed by atoms with E-state index in [0.29, 0.717) is 25.5 Å². The molecule has 0 heterocycles. The van der Waals surface area contributed by atoms with E-state index in [1.165, 1.54) is 0 Å². The first-order valence-corrected chi connectivity index (χ1v) is 5.40. The van der Waals surface area contributed by atoms with Gasteiger partial charge in [-0.3, -0.25) is 0 Å². The number of aliphatic hydroxyl groups is 1. The fourth-order valence-electron chi connectivity index (χ4n) is 1.16. The molecule has 0 aromatic carbocycles. The molecule has 0 aromatic rings. The maximum Gasteiger partial charge on any atom is 0.0765 e. The van der Waals surface area contributed by atoms with Crippen LogP contribution >= 0.6 is 0 Å². The van der Waals surface area contributed by atoms with Crippen molar-refractivity contribution in [2.45, 2.75) is 39.2 Å². The summed E-state index contributed by atoms with van der Waals surface area (Å²) in [5.41, 5.74) is -0.646. The summed E-state index contributed by atoms with van der Waals surface area (Å²) < 4.78 is 4.93. The summed E-state index contributed by atoms with van der Waals surface area (Å²) in [5, 5.41) is 13.1. The summed E-state index contributed by atoms with van der Waals surface area (Å²) in [4.78, 5) is 0. The Morgan fingerprint density at radius 1 is 1.43 bits per heavy atom. The van der Waals surface area contributed by atoms with E-state index in [9.17, 15) is 5.11 Å². The molecule has 1 atom stereocenters. The van der Waals surface area contributed by atoms with Gasteiger partial charge in [-0.05, 0) is 25.8 Å². The lowest BCUT2D eigenvalue weighted by Gasteiger charge is -2.23. The number of nitrogens with one attached hydrogen (secondary N) is 1.